The molecule has 0 aromatic carbocycles. The minimum atomic E-state index is -3.54. The number of hydrogen-bond donors (Lipinski definition) is 2. The molecule has 1 aromatic heterocycles. The first kappa shape index (κ1) is 14.2. The standard InChI is InChI=1S/C12H20N4O2S/c1-2-10-5-3-4-8-16(10)19(17,18)12-9-14-7-6-11(12)15-13/h6-7,9-10H,2-5,8,13H2,1H3,(H,14,15). The van der Waals surface area contributed by atoms with Crippen molar-refractivity contribution in [3.8, 4) is 0 Å². The highest BCUT2D eigenvalue weighted by molar-refractivity contribution is 7.89. The van der Waals surface area contributed by atoms with Crippen LogP contribution in [0.5, 0.6) is 0 Å². The molecular weight excluding hydrogens is 264 g/mol. The summed E-state index contributed by atoms with van der Waals surface area (Å²) in [7, 11) is -3.54. The molecule has 3 N–H and O–H groups in total. The van der Waals surface area contributed by atoms with Crippen LogP contribution < -0.4 is 11.3 Å². The fourth-order valence-electron chi connectivity index (χ4n) is 2.53. The maximum atomic E-state index is 12.7. The fourth-order valence-corrected chi connectivity index (χ4v) is 4.40. The van der Waals surface area contributed by atoms with Crippen molar-refractivity contribution >= 4 is 15.7 Å². The molecule has 1 fully saturated rings. The van der Waals surface area contributed by atoms with Gasteiger partial charge in [0.25, 0.3) is 0 Å². The number of piperidine rings is 1. The third-order valence-electron chi connectivity index (χ3n) is 3.57. The second-order valence-electron chi connectivity index (χ2n) is 4.69. The molecule has 106 valence electrons. The summed E-state index contributed by atoms with van der Waals surface area (Å²) in [5.41, 5.74) is 2.81. The largest absolute Gasteiger partial charge is 0.323 e. The Labute approximate surface area is 114 Å². The number of hydrogen-bond acceptors (Lipinski definition) is 5. The predicted octanol–water partition coefficient (Wildman–Crippen LogP) is 1.32. The summed E-state index contributed by atoms with van der Waals surface area (Å²) in [5, 5.41) is 0. The van der Waals surface area contributed by atoms with E-state index >= 15 is 0 Å². The van der Waals surface area contributed by atoms with E-state index in [-0.39, 0.29) is 10.9 Å². The van der Waals surface area contributed by atoms with E-state index in [4.69, 9.17) is 5.84 Å². The van der Waals surface area contributed by atoms with Gasteiger partial charge in [-0.15, -0.1) is 0 Å². The lowest BCUT2D eigenvalue weighted by Crippen LogP contribution is -2.43. The molecule has 19 heavy (non-hydrogen) atoms. The van der Waals surface area contributed by atoms with E-state index in [1.807, 2.05) is 6.92 Å². The molecule has 2 heterocycles. The van der Waals surface area contributed by atoms with Gasteiger partial charge in [-0.2, -0.15) is 4.31 Å². The number of nitrogens with two attached hydrogens (primary N) is 1. The van der Waals surface area contributed by atoms with Gasteiger partial charge in [0.05, 0.1) is 5.69 Å². The first-order valence-electron chi connectivity index (χ1n) is 6.53. The zero-order chi connectivity index (χ0) is 13.9. The molecule has 6 nitrogen and oxygen atoms in total. The van der Waals surface area contributed by atoms with Gasteiger partial charge in [0.15, 0.2) is 0 Å². The van der Waals surface area contributed by atoms with Gasteiger partial charge in [-0.25, -0.2) is 8.42 Å². The third kappa shape index (κ3) is 2.72. The number of rotatable bonds is 4. The number of pyridine rings is 1. The van der Waals surface area contributed by atoms with Gasteiger partial charge < -0.3 is 5.43 Å². The van der Waals surface area contributed by atoms with Crippen LogP contribution in [0.2, 0.25) is 0 Å². The Morgan fingerprint density at radius 2 is 2.32 bits per heavy atom. The van der Waals surface area contributed by atoms with E-state index in [0.717, 1.165) is 25.7 Å². The van der Waals surface area contributed by atoms with Crippen molar-refractivity contribution in [2.75, 3.05) is 12.0 Å². The maximum Gasteiger partial charge on any atom is 0.246 e. The highest BCUT2D eigenvalue weighted by Crippen LogP contribution is 2.29. The van der Waals surface area contributed by atoms with E-state index in [1.54, 1.807) is 10.4 Å². The summed E-state index contributed by atoms with van der Waals surface area (Å²) < 4.78 is 27.0. The molecule has 1 aliphatic heterocycles. The SMILES string of the molecule is CCC1CCCCN1S(=O)(=O)c1cnccc1NN. The van der Waals surface area contributed by atoms with Crippen LogP contribution in [0, 0.1) is 0 Å². The Hall–Kier alpha value is -1.18. The van der Waals surface area contributed by atoms with Crippen molar-refractivity contribution in [1.82, 2.24) is 9.29 Å². The molecule has 0 aliphatic carbocycles. The summed E-state index contributed by atoms with van der Waals surface area (Å²) in [6.07, 6.45) is 6.60. The topological polar surface area (TPSA) is 88.3 Å². The quantitative estimate of drug-likeness (QED) is 0.643. The molecule has 0 spiro atoms. The molecule has 1 atom stereocenters. The van der Waals surface area contributed by atoms with Crippen molar-refractivity contribution in [2.24, 2.45) is 5.84 Å². The second kappa shape index (κ2) is 5.85. The summed E-state index contributed by atoms with van der Waals surface area (Å²) in [6, 6.07) is 1.64. The number of hydrazine groups is 1. The van der Waals surface area contributed by atoms with Crippen LogP contribution in [0.15, 0.2) is 23.4 Å². The van der Waals surface area contributed by atoms with Crippen LogP contribution in [0.25, 0.3) is 0 Å². The van der Waals surface area contributed by atoms with E-state index in [2.05, 4.69) is 10.4 Å². The summed E-state index contributed by atoms with van der Waals surface area (Å²) in [5.74, 6) is 5.38. The number of nitrogens with one attached hydrogen (secondary N) is 1. The first-order valence-corrected chi connectivity index (χ1v) is 7.97. The lowest BCUT2D eigenvalue weighted by molar-refractivity contribution is 0.246. The monoisotopic (exact) mass is 284 g/mol. The minimum absolute atomic E-state index is 0.0737. The second-order valence-corrected chi connectivity index (χ2v) is 6.55. The van der Waals surface area contributed by atoms with Crippen molar-refractivity contribution in [1.29, 1.82) is 0 Å². The van der Waals surface area contributed by atoms with Gasteiger partial charge in [0, 0.05) is 25.0 Å². The van der Waals surface area contributed by atoms with Crippen molar-refractivity contribution < 1.29 is 8.42 Å². The molecule has 0 bridgehead atoms. The van der Waals surface area contributed by atoms with Crippen LogP contribution in [0.1, 0.15) is 32.6 Å². The van der Waals surface area contributed by atoms with Gasteiger partial charge in [0.2, 0.25) is 10.0 Å². The van der Waals surface area contributed by atoms with Crippen LogP contribution in [0.3, 0.4) is 0 Å². The molecule has 0 radical (unpaired) electrons. The van der Waals surface area contributed by atoms with Gasteiger partial charge in [0.1, 0.15) is 4.90 Å². The molecule has 0 saturated carbocycles. The molecule has 7 heteroatoms. The highest BCUT2D eigenvalue weighted by atomic mass is 32.2. The molecule has 1 saturated heterocycles. The Balaban J connectivity index is 2.40. The zero-order valence-electron chi connectivity index (χ0n) is 11.0. The summed E-state index contributed by atoms with van der Waals surface area (Å²) >= 11 is 0. The minimum Gasteiger partial charge on any atom is -0.323 e. The number of aromatic nitrogens is 1. The number of anilines is 1. The average Bonchev–Trinajstić information content (AvgIpc) is 2.47. The van der Waals surface area contributed by atoms with Crippen LogP contribution in [-0.2, 0) is 10.0 Å². The number of nitrogen functional groups attached to an aromatic ring is 1. The van der Waals surface area contributed by atoms with Crippen LogP contribution in [0.4, 0.5) is 5.69 Å². The van der Waals surface area contributed by atoms with E-state index in [9.17, 15) is 8.42 Å². The Morgan fingerprint density at radius 1 is 1.53 bits per heavy atom. The van der Waals surface area contributed by atoms with E-state index < -0.39 is 10.0 Å². The normalized spacial score (nSPS) is 21.3. The number of nitrogens with zero attached hydrogens (tertiary/aromatic N) is 2. The smallest absolute Gasteiger partial charge is 0.246 e. The zero-order valence-corrected chi connectivity index (χ0v) is 11.9. The van der Waals surface area contributed by atoms with E-state index in [0.29, 0.717) is 12.2 Å². The first-order chi connectivity index (χ1) is 9.11. The van der Waals surface area contributed by atoms with Crippen LogP contribution >= 0.6 is 0 Å². The summed E-state index contributed by atoms with van der Waals surface area (Å²) in [6.45, 7) is 2.59. The lowest BCUT2D eigenvalue weighted by Gasteiger charge is -2.34. The van der Waals surface area contributed by atoms with Crippen molar-refractivity contribution in [2.45, 2.75) is 43.5 Å². The Morgan fingerprint density at radius 3 is 3.00 bits per heavy atom. The van der Waals surface area contributed by atoms with Gasteiger partial charge in [-0.05, 0) is 25.3 Å². The maximum absolute atomic E-state index is 12.7. The third-order valence-corrected chi connectivity index (χ3v) is 5.55. The predicted molar refractivity (Wildman–Crippen MR) is 73.9 cm³/mol. The lowest BCUT2D eigenvalue weighted by atomic mass is 10.0. The van der Waals surface area contributed by atoms with Crippen LogP contribution in [-0.4, -0.2) is 30.3 Å². The fraction of sp³-hybridized carbons (Fsp3) is 0.583. The Kier molecular flexibility index (Phi) is 4.38. The molecule has 2 rings (SSSR count). The molecule has 1 unspecified atom stereocenters. The van der Waals surface area contributed by atoms with Gasteiger partial charge >= 0.3 is 0 Å². The summed E-state index contributed by atoms with van der Waals surface area (Å²) in [4.78, 5) is 4.05. The van der Waals surface area contributed by atoms with Crippen molar-refractivity contribution in [3.05, 3.63) is 18.5 Å². The Bertz CT molecular complexity index is 532. The molecule has 1 aliphatic rings. The molecule has 0 amide bonds. The van der Waals surface area contributed by atoms with Crippen molar-refractivity contribution in [3.63, 3.8) is 0 Å². The van der Waals surface area contributed by atoms with Gasteiger partial charge in [-0.3, -0.25) is 10.8 Å². The molecular formula is C12H20N4O2S. The van der Waals surface area contributed by atoms with E-state index in [1.165, 1.54) is 12.4 Å². The number of sulfonamides is 1. The van der Waals surface area contributed by atoms with Gasteiger partial charge in [-0.1, -0.05) is 13.3 Å². The highest BCUT2D eigenvalue weighted by Gasteiger charge is 2.33. The average molecular weight is 284 g/mol. The molecule has 1 aromatic rings.